The van der Waals surface area contributed by atoms with Crippen LogP contribution in [0.2, 0.25) is 0 Å². The molecular weight excluding hydrogens is 216 g/mol. The minimum absolute atomic E-state index is 0.0728. The van der Waals surface area contributed by atoms with Crippen LogP contribution in [0, 0.1) is 0 Å². The molecule has 2 N–H and O–H groups in total. The van der Waals surface area contributed by atoms with E-state index in [4.69, 9.17) is 4.74 Å². The number of allylic oxidation sites excluding steroid dienone is 2. The number of carbonyl (C=O) groups is 1. The van der Waals surface area contributed by atoms with Gasteiger partial charge in [0.25, 0.3) is 0 Å². The molecular formula is C13H18N2O2. The van der Waals surface area contributed by atoms with E-state index < -0.39 is 0 Å². The zero-order chi connectivity index (χ0) is 12.7. The Morgan fingerprint density at radius 2 is 1.94 bits per heavy atom. The van der Waals surface area contributed by atoms with Gasteiger partial charge in [-0.15, -0.1) is 0 Å². The van der Waals surface area contributed by atoms with Gasteiger partial charge in [0.1, 0.15) is 5.75 Å². The Labute approximate surface area is 102 Å². The van der Waals surface area contributed by atoms with Crippen molar-refractivity contribution in [1.29, 1.82) is 0 Å². The number of carbonyl (C=O) groups excluding carboxylic acids is 1. The van der Waals surface area contributed by atoms with Crippen molar-refractivity contribution >= 4 is 5.91 Å². The SMILES string of the molecule is C/C=C(\C)NNC(=O)Cc1ccc(OC)cc1. The average molecular weight is 234 g/mol. The molecule has 92 valence electrons. The predicted molar refractivity (Wildman–Crippen MR) is 67.4 cm³/mol. The van der Waals surface area contributed by atoms with E-state index in [2.05, 4.69) is 10.9 Å². The zero-order valence-corrected chi connectivity index (χ0v) is 10.4. The number of hydrazine groups is 1. The second-order valence-electron chi connectivity index (χ2n) is 3.67. The number of hydrogen-bond acceptors (Lipinski definition) is 3. The third-order valence-electron chi connectivity index (χ3n) is 2.36. The van der Waals surface area contributed by atoms with Crippen LogP contribution in [0.4, 0.5) is 0 Å². The summed E-state index contributed by atoms with van der Waals surface area (Å²) in [5, 5.41) is 0. The molecule has 4 heteroatoms. The van der Waals surface area contributed by atoms with E-state index in [-0.39, 0.29) is 5.91 Å². The number of methoxy groups -OCH3 is 1. The Hall–Kier alpha value is -1.97. The van der Waals surface area contributed by atoms with Gasteiger partial charge >= 0.3 is 0 Å². The summed E-state index contributed by atoms with van der Waals surface area (Å²) in [6.07, 6.45) is 2.22. The Kier molecular flexibility index (Phi) is 5.07. The Morgan fingerprint density at radius 3 is 2.47 bits per heavy atom. The molecule has 0 bridgehead atoms. The van der Waals surface area contributed by atoms with Crippen molar-refractivity contribution in [2.45, 2.75) is 20.3 Å². The van der Waals surface area contributed by atoms with Crippen molar-refractivity contribution < 1.29 is 9.53 Å². The number of amides is 1. The van der Waals surface area contributed by atoms with Gasteiger partial charge in [-0.05, 0) is 31.5 Å². The van der Waals surface area contributed by atoms with E-state index in [0.29, 0.717) is 6.42 Å². The summed E-state index contributed by atoms with van der Waals surface area (Å²) in [6, 6.07) is 7.43. The molecule has 0 fully saturated rings. The van der Waals surface area contributed by atoms with Crippen LogP contribution < -0.4 is 15.6 Å². The summed E-state index contributed by atoms with van der Waals surface area (Å²) >= 11 is 0. The minimum Gasteiger partial charge on any atom is -0.497 e. The summed E-state index contributed by atoms with van der Waals surface area (Å²) in [6.45, 7) is 3.78. The van der Waals surface area contributed by atoms with Gasteiger partial charge in [-0.2, -0.15) is 0 Å². The van der Waals surface area contributed by atoms with E-state index in [0.717, 1.165) is 17.0 Å². The van der Waals surface area contributed by atoms with Crippen molar-refractivity contribution in [2.24, 2.45) is 0 Å². The van der Waals surface area contributed by atoms with Crippen molar-refractivity contribution in [1.82, 2.24) is 10.9 Å². The van der Waals surface area contributed by atoms with Crippen LogP contribution in [0.1, 0.15) is 19.4 Å². The highest BCUT2D eigenvalue weighted by atomic mass is 16.5. The smallest absolute Gasteiger partial charge is 0.242 e. The quantitative estimate of drug-likeness (QED) is 0.764. The maximum absolute atomic E-state index is 11.6. The molecule has 0 saturated heterocycles. The van der Waals surface area contributed by atoms with E-state index in [1.165, 1.54) is 0 Å². The maximum atomic E-state index is 11.6. The molecule has 17 heavy (non-hydrogen) atoms. The second-order valence-corrected chi connectivity index (χ2v) is 3.67. The molecule has 0 unspecified atom stereocenters. The van der Waals surface area contributed by atoms with Gasteiger partial charge < -0.3 is 10.2 Å². The van der Waals surface area contributed by atoms with Gasteiger partial charge in [0, 0.05) is 5.70 Å². The number of nitrogens with one attached hydrogen (secondary N) is 2. The van der Waals surface area contributed by atoms with Crippen LogP contribution in [0.15, 0.2) is 36.0 Å². The topological polar surface area (TPSA) is 50.4 Å². The third-order valence-corrected chi connectivity index (χ3v) is 2.36. The molecule has 4 nitrogen and oxygen atoms in total. The first kappa shape index (κ1) is 13.1. The zero-order valence-electron chi connectivity index (χ0n) is 10.4. The number of hydrogen-bond donors (Lipinski definition) is 2. The Morgan fingerprint density at radius 1 is 1.29 bits per heavy atom. The lowest BCUT2D eigenvalue weighted by molar-refractivity contribution is -0.121. The number of benzene rings is 1. The van der Waals surface area contributed by atoms with Gasteiger partial charge in [-0.3, -0.25) is 10.2 Å². The van der Waals surface area contributed by atoms with Gasteiger partial charge in [0.05, 0.1) is 13.5 Å². The van der Waals surface area contributed by atoms with Crippen LogP contribution in [0.5, 0.6) is 5.75 Å². The van der Waals surface area contributed by atoms with Crippen LogP contribution in [-0.2, 0) is 11.2 Å². The first-order chi connectivity index (χ1) is 8.15. The van der Waals surface area contributed by atoms with Crippen molar-refractivity contribution in [3.63, 3.8) is 0 Å². The van der Waals surface area contributed by atoms with Crippen molar-refractivity contribution in [3.05, 3.63) is 41.6 Å². The van der Waals surface area contributed by atoms with Gasteiger partial charge in [-0.1, -0.05) is 18.2 Å². The molecule has 1 amide bonds. The molecule has 0 spiro atoms. The largest absolute Gasteiger partial charge is 0.497 e. The second kappa shape index (κ2) is 6.58. The van der Waals surface area contributed by atoms with Crippen molar-refractivity contribution in [3.8, 4) is 5.75 Å². The number of rotatable bonds is 5. The van der Waals surface area contributed by atoms with Gasteiger partial charge in [0.15, 0.2) is 0 Å². The third kappa shape index (κ3) is 4.59. The normalized spacial score (nSPS) is 10.9. The molecule has 0 saturated carbocycles. The molecule has 0 heterocycles. The Bertz CT molecular complexity index is 396. The summed E-state index contributed by atoms with van der Waals surface area (Å²) in [7, 11) is 1.62. The van der Waals surface area contributed by atoms with Crippen LogP contribution in [0.3, 0.4) is 0 Å². The molecule has 0 radical (unpaired) electrons. The van der Waals surface area contributed by atoms with Crippen LogP contribution in [0.25, 0.3) is 0 Å². The molecule has 0 aromatic heterocycles. The minimum atomic E-state index is -0.0728. The fraction of sp³-hybridized carbons (Fsp3) is 0.308. The standard InChI is InChI=1S/C13H18N2O2/c1-4-10(2)14-15-13(16)9-11-5-7-12(17-3)8-6-11/h4-8,14H,9H2,1-3H3,(H,15,16)/b10-4+. The molecule has 1 rings (SSSR count). The monoisotopic (exact) mass is 234 g/mol. The summed E-state index contributed by atoms with van der Waals surface area (Å²) in [5.74, 6) is 0.716. The molecule has 0 aliphatic carbocycles. The van der Waals surface area contributed by atoms with E-state index in [9.17, 15) is 4.79 Å². The fourth-order valence-electron chi connectivity index (χ4n) is 1.21. The van der Waals surface area contributed by atoms with Crippen LogP contribution >= 0.6 is 0 Å². The average Bonchev–Trinajstić information content (AvgIpc) is 2.36. The highest BCUT2D eigenvalue weighted by Gasteiger charge is 2.02. The lowest BCUT2D eigenvalue weighted by Crippen LogP contribution is -2.36. The molecule has 1 aromatic carbocycles. The van der Waals surface area contributed by atoms with Gasteiger partial charge in [-0.25, -0.2) is 0 Å². The maximum Gasteiger partial charge on any atom is 0.242 e. The Balaban J connectivity index is 2.45. The van der Waals surface area contributed by atoms with Gasteiger partial charge in [0.2, 0.25) is 5.91 Å². The fourth-order valence-corrected chi connectivity index (χ4v) is 1.21. The first-order valence-corrected chi connectivity index (χ1v) is 5.46. The molecule has 0 aliphatic rings. The van der Waals surface area contributed by atoms with Crippen molar-refractivity contribution in [2.75, 3.05) is 7.11 Å². The number of ether oxygens (including phenoxy) is 1. The lowest BCUT2D eigenvalue weighted by Gasteiger charge is -2.08. The molecule has 1 aromatic rings. The summed E-state index contributed by atoms with van der Waals surface area (Å²) in [4.78, 5) is 11.6. The molecule has 0 aliphatic heterocycles. The predicted octanol–water partition coefficient (Wildman–Crippen LogP) is 1.78. The highest BCUT2D eigenvalue weighted by molar-refractivity contribution is 5.78. The lowest BCUT2D eigenvalue weighted by atomic mass is 10.1. The van der Waals surface area contributed by atoms with Crippen LogP contribution in [-0.4, -0.2) is 13.0 Å². The van der Waals surface area contributed by atoms with E-state index in [1.54, 1.807) is 7.11 Å². The summed E-state index contributed by atoms with van der Waals surface area (Å²) < 4.78 is 5.05. The molecule has 0 atom stereocenters. The highest BCUT2D eigenvalue weighted by Crippen LogP contribution is 2.11. The van der Waals surface area contributed by atoms with E-state index >= 15 is 0 Å². The van der Waals surface area contributed by atoms with E-state index in [1.807, 2.05) is 44.2 Å². The first-order valence-electron chi connectivity index (χ1n) is 5.46. The summed E-state index contributed by atoms with van der Waals surface area (Å²) in [5.41, 5.74) is 7.29.